The minimum absolute atomic E-state index is 0.0635. The van der Waals surface area contributed by atoms with Gasteiger partial charge in [0, 0.05) is 36.7 Å². The molecule has 0 spiro atoms. The van der Waals surface area contributed by atoms with Gasteiger partial charge in [-0.2, -0.15) is 0 Å². The van der Waals surface area contributed by atoms with Crippen molar-refractivity contribution in [3.05, 3.63) is 35.4 Å². The highest BCUT2D eigenvalue weighted by Gasteiger charge is 2.25. The first-order valence-electron chi connectivity index (χ1n) is 6.92. The van der Waals surface area contributed by atoms with Gasteiger partial charge in [0.15, 0.2) is 0 Å². The van der Waals surface area contributed by atoms with Crippen LogP contribution in [0.25, 0.3) is 0 Å². The Morgan fingerprint density at radius 1 is 1.25 bits per heavy atom. The summed E-state index contributed by atoms with van der Waals surface area (Å²) in [6, 6.07) is 3.13. The van der Waals surface area contributed by atoms with E-state index in [1.807, 2.05) is 13.8 Å². The lowest BCUT2D eigenvalue weighted by Gasteiger charge is -2.30. The molecule has 0 radical (unpaired) electrons. The lowest BCUT2D eigenvalue weighted by molar-refractivity contribution is 0.103. The fourth-order valence-electron chi connectivity index (χ4n) is 2.14. The zero-order valence-electron chi connectivity index (χ0n) is 12.0. The van der Waals surface area contributed by atoms with E-state index in [0.29, 0.717) is 6.54 Å². The minimum Gasteiger partial charge on any atom is -0.396 e. The third-order valence-electron chi connectivity index (χ3n) is 3.99. The third kappa shape index (κ3) is 4.23. The fraction of sp³-hybridized carbons (Fsp3) is 0.600. The van der Waals surface area contributed by atoms with Crippen molar-refractivity contribution in [2.45, 2.75) is 32.8 Å². The molecule has 5 heteroatoms. The predicted molar refractivity (Wildman–Crippen MR) is 74.3 cm³/mol. The number of aliphatic hydroxyl groups excluding tert-OH is 2. The minimum atomic E-state index is -1.04. The molecule has 20 heavy (non-hydrogen) atoms. The fourth-order valence-corrected chi connectivity index (χ4v) is 2.14. The van der Waals surface area contributed by atoms with Crippen molar-refractivity contribution < 1.29 is 19.0 Å². The van der Waals surface area contributed by atoms with Crippen molar-refractivity contribution in [2.24, 2.45) is 5.41 Å². The monoisotopic (exact) mass is 287 g/mol. The molecule has 1 aromatic rings. The molecule has 114 valence electrons. The summed E-state index contributed by atoms with van der Waals surface area (Å²) in [4.78, 5) is 0. The summed E-state index contributed by atoms with van der Waals surface area (Å²) in [5, 5.41) is 22.4. The molecule has 0 aliphatic rings. The molecule has 0 aliphatic heterocycles. The molecule has 1 aromatic carbocycles. The summed E-state index contributed by atoms with van der Waals surface area (Å²) in [5.74, 6) is -1.42. The molecule has 3 N–H and O–H groups in total. The summed E-state index contributed by atoms with van der Waals surface area (Å²) in [6.07, 6.45) is 0.586. The van der Waals surface area contributed by atoms with E-state index in [0.717, 1.165) is 25.0 Å². The van der Waals surface area contributed by atoms with Gasteiger partial charge in [-0.1, -0.05) is 19.9 Å². The van der Waals surface area contributed by atoms with E-state index in [9.17, 15) is 19.0 Å². The molecule has 1 rings (SSSR count). The number of hydrogen-bond donors (Lipinski definition) is 3. The molecule has 1 atom stereocenters. The second kappa shape index (κ2) is 7.67. The summed E-state index contributed by atoms with van der Waals surface area (Å²) >= 11 is 0. The van der Waals surface area contributed by atoms with E-state index in [1.165, 1.54) is 6.07 Å². The maximum atomic E-state index is 13.5. The van der Waals surface area contributed by atoms with Crippen LogP contribution in [0.1, 0.15) is 38.4 Å². The first-order valence-corrected chi connectivity index (χ1v) is 6.92. The molecule has 0 aromatic heterocycles. The summed E-state index contributed by atoms with van der Waals surface area (Å²) in [5.41, 5.74) is -0.150. The van der Waals surface area contributed by atoms with E-state index < -0.39 is 17.7 Å². The average molecular weight is 287 g/mol. The Morgan fingerprint density at radius 2 is 1.90 bits per heavy atom. The Hall–Kier alpha value is -1.04. The summed E-state index contributed by atoms with van der Waals surface area (Å²) < 4.78 is 26.3. The number of halogens is 2. The highest BCUT2D eigenvalue weighted by molar-refractivity contribution is 5.21. The molecule has 0 heterocycles. The zero-order valence-corrected chi connectivity index (χ0v) is 12.0. The van der Waals surface area contributed by atoms with Crippen LogP contribution in [-0.4, -0.2) is 29.9 Å². The smallest absolute Gasteiger partial charge is 0.131 e. The first kappa shape index (κ1) is 17.0. The number of rotatable bonds is 8. The Kier molecular flexibility index (Phi) is 6.52. The quantitative estimate of drug-likeness (QED) is 0.688. The van der Waals surface area contributed by atoms with Crippen molar-refractivity contribution >= 4 is 0 Å². The van der Waals surface area contributed by atoms with Gasteiger partial charge in [-0.05, 0) is 18.9 Å². The van der Waals surface area contributed by atoms with Gasteiger partial charge in [0.25, 0.3) is 0 Å². The largest absolute Gasteiger partial charge is 0.396 e. The van der Waals surface area contributed by atoms with Crippen LogP contribution < -0.4 is 5.32 Å². The van der Waals surface area contributed by atoms with E-state index in [2.05, 4.69) is 5.32 Å². The zero-order chi connectivity index (χ0) is 15.2. The highest BCUT2D eigenvalue weighted by Crippen LogP contribution is 2.25. The van der Waals surface area contributed by atoms with Crippen LogP contribution >= 0.6 is 0 Å². The molecule has 0 bridgehead atoms. The van der Waals surface area contributed by atoms with Crippen molar-refractivity contribution in [1.82, 2.24) is 5.32 Å². The Bertz CT molecular complexity index is 414. The molecule has 0 saturated heterocycles. The van der Waals surface area contributed by atoms with Crippen LogP contribution in [0.4, 0.5) is 8.78 Å². The van der Waals surface area contributed by atoms with Gasteiger partial charge in [0.05, 0.1) is 6.10 Å². The maximum Gasteiger partial charge on any atom is 0.131 e. The van der Waals surface area contributed by atoms with E-state index in [4.69, 9.17) is 0 Å². The van der Waals surface area contributed by atoms with E-state index in [-0.39, 0.29) is 24.1 Å². The topological polar surface area (TPSA) is 52.5 Å². The maximum absolute atomic E-state index is 13.5. The van der Waals surface area contributed by atoms with Gasteiger partial charge in [-0.25, -0.2) is 8.78 Å². The van der Waals surface area contributed by atoms with Gasteiger partial charge in [0.1, 0.15) is 11.6 Å². The summed E-state index contributed by atoms with van der Waals surface area (Å²) in [7, 11) is 0. The number of hydrogen-bond acceptors (Lipinski definition) is 3. The van der Waals surface area contributed by atoms with Gasteiger partial charge in [-0.3, -0.25) is 0 Å². The van der Waals surface area contributed by atoms with Crippen molar-refractivity contribution in [3.8, 4) is 0 Å². The SMILES string of the molecule is CCC(CC)(CO)CNCC(O)c1ccc(F)cc1F. The molecule has 0 saturated carbocycles. The van der Waals surface area contributed by atoms with Crippen LogP contribution in [0.2, 0.25) is 0 Å². The predicted octanol–water partition coefficient (Wildman–Crippen LogP) is 2.39. The van der Waals surface area contributed by atoms with Crippen molar-refractivity contribution in [3.63, 3.8) is 0 Å². The lowest BCUT2D eigenvalue weighted by atomic mass is 9.83. The van der Waals surface area contributed by atoms with Gasteiger partial charge in [0.2, 0.25) is 0 Å². The van der Waals surface area contributed by atoms with Crippen LogP contribution in [-0.2, 0) is 0 Å². The average Bonchev–Trinajstić information content (AvgIpc) is 2.44. The standard InChI is InChI=1S/C15H23F2NO2/c1-3-15(4-2,10-19)9-18-8-14(20)12-6-5-11(16)7-13(12)17/h5-7,14,18-20H,3-4,8-10H2,1-2H3. The lowest BCUT2D eigenvalue weighted by Crippen LogP contribution is -2.38. The second-order valence-corrected chi connectivity index (χ2v) is 5.18. The van der Waals surface area contributed by atoms with Crippen LogP contribution in [0.5, 0.6) is 0 Å². The molecular weight excluding hydrogens is 264 g/mol. The Balaban J connectivity index is 2.57. The Morgan fingerprint density at radius 3 is 2.40 bits per heavy atom. The van der Waals surface area contributed by atoms with E-state index >= 15 is 0 Å². The van der Waals surface area contributed by atoms with E-state index in [1.54, 1.807) is 0 Å². The van der Waals surface area contributed by atoms with Crippen LogP contribution in [0.15, 0.2) is 18.2 Å². The molecule has 0 aliphatic carbocycles. The first-order chi connectivity index (χ1) is 9.48. The number of nitrogens with one attached hydrogen (secondary N) is 1. The van der Waals surface area contributed by atoms with Crippen LogP contribution in [0, 0.1) is 17.0 Å². The van der Waals surface area contributed by atoms with Gasteiger partial charge >= 0.3 is 0 Å². The van der Waals surface area contributed by atoms with Gasteiger partial charge in [-0.15, -0.1) is 0 Å². The van der Waals surface area contributed by atoms with Crippen molar-refractivity contribution in [2.75, 3.05) is 19.7 Å². The third-order valence-corrected chi connectivity index (χ3v) is 3.99. The number of aliphatic hydroxyl groups is 2. The van der Waals surface area contributed by atoms with Gasteiger partial charge < -0.3 is 15.5 Å². The molecule has 0 amide bonds. The number of benzene rings is 1. The molecule has 0 fully saturated rings. The highest BCUT2D eigenvalue weighted by atomic mass is 19.1. The van der Waals surface area contributed by atoms with Crippen LogP contribution in [0.3, 0.4) is 0 Å². The molecule has 3 nitrogen and oxygen atoms in total. The normalized spacial score (nSPS) is 13.5. The Labute approximate surface area is 118 Å². The molecule has 1 unspecified atom stereocenters. The second-order valence-electron chi connectivity index (χ2n) is 5.18. The van der Waals surface area contributed by atoms with Crippen molar-refractivity contribution in [1.29, 1.82) is 0 Å². The summed E-state index contributed by atoms with van der Waals surface area (Å²) in [6.45, 7) is 4.75. The molecular formula is C15H23F2NO2.